The Bertz CT molecular complexity index is 575. The van der Waals surface area contributed by atoms with E-state index in [0.29, 0.717) is 0 Å². The number of hydrogen-bond acceptors (Lipinski definition) is 4. The van der Waals surface area contributed by atoms with E-state index in [1.165, 1.54) is 6.07 Å². The highest BCUT2D eigenvalue weighted by Gasteiger charge is 2.52. The molecule has 22 heavy (non-hydrogen) atoms. The van der Waals surface area contributed by atoms with Crippen molar-refractivity contribution in [2.45, 2.75) is 58.8 Å². The lowest BCUT2D eigenvalue weighted by atomic mass is 9.78. The molecule has 2 rings (SSSR count). The van der Waals surface area contributed by atoms with Gasteiger partial charge in [0.25, 0.3) is 0 Å². The van der Waals surface area contributed by atoms with Crippen molar-refractivity contribution in [3.63, 3.8) is 0 Å². The van der Waals surface area contributed by atoms with Gasteiger partial charge in [0.2, 0.25) is 0 Å². The van der Waals surface area contributed by atoms with Crippen molar-refractivity contribution in [2.24, 2.45) is 0 Å². The summed E-state index contributed by atoms with van der Waals surface area (Å²) in [5.41, 5.74) is 4.66. The average Bonchev–Trinajstić information content (AvgIpc) is 2.58. The van der Waals surface area contributed by atoms with Crippen LogP contribution in [0.15, 0.2) is 6.07 Å². The Morgan fingerprint density at radius 2 is 1.59 bits per heavy atom. The normalized spacial score (nSPS) is 19.8. The van der Waals surface area contributed by atoms with E-state index in [2.05, 4.69) is 5.32 Å². The number of halogens is 2. The lowest BCUT2D eigenvalue weighted by molar-refractivity contribution is 0.00578. The van der Waals surface area contributed by atoms with E-state index in [1.54, 1.807) is 0 Å². The first-order chi connectivity index (χ1) is 9.96. The van der Waals surface area contributed by atoms with Crippen LogP contribution in [0, 0.1) is 11.6 Å². The lowest BCUT2D eigenvalue weighted by Crippen LogP contribution is -2.41. The Labute approximate surface area is 130 Å². The van der Waals surface area contributed by atoms with E-state index >= 15 is 0 Å². The van der Waals surface area contributed by atoms with Crippen molar-refractivity contribution in [1.82, 2.24) is 0 Å². The van der Waals surface area contributed by atoms with Crippen LogP contribution in [-0.2, 0) is 9.31 Å². The fourth-order valence-electron chi connectivity index (χ4n) is 2.24. The maximum atomic E-state index is 14.4. The SMILES string of the molecule is CC(C)Nc1c(N)cc(B2OC(C)(C)C(C)(C)O2)c(F)c1F. The minimum atomic E-state index is -1.02. The highest BCUT2D eigenvalue weighted by atomic mass is 19.2. The topological polar surface area (TPSA) is 56.5 Å². The molecule has 1 heterocycles. The molecule has 122 valence electrons. The molecule has 0 aliphatic carbocycles. The monoisotopic (exact) mass is 312 g/mol. The zero-order valence-corrected chi connectivity index (χ0v) is 13.9. The van der Waals surface area contributed by atoms with Crippen LogP contribution in [0.4, 0.5) is 20.2 Å². The van der Waals surface area contributed by atoms with Gasteiger partial charge in [-0.2, -0.15) is 0 Å². The fraction of sp³-hybridized carbons (Fsp3) is 0.600. The van der Waals surface area contributed by atoms with Gasteiger partial charge in [0, 0.05) is 11.5 Å². The van der Waals surface area contributed by atoms with Crippen LogP contribution in [0.25, 0.3) is 0 Å². The number of anilines is 2. The fourth-order valence-corrected chi connectivity index (χ4v) is 2.24. The third-order valence-electron chi connectivity index (χ3n) is 4.21. The van der Waals surface area contributed by atoms with Crippen LogP contribution < -0.4 is 16.5 Å². The number of nitrogens with two attached hydrogens (primary N) is 1. The van der Waals surface area contributed by atoms with Gasteiger partial charge in [-0.15, -0.1) is 0 Å². The molecule has 4 nitrogen and oxygen atoms in total. The Morgan fingerprint density at radius 3 is 2.05 bits per heavy atom. The van der Waals surface area contributed by atoms with Crippen LogP contribution in [0.1, 0.15) is 41.5 Å². The van der Waals surface area contributed by atoms with Gasteiger partial charge in [-0.05, 0) is 47.6 Å². The van der Waals surface area contributed by atoms with Gasteiger partial charge in [-0.3, -0.25) is 0 Å². The van der Waals surface area contributed by atoms with E-state index in [9.17, 15) is 8.78 Å². The van der Waals surface area contributed by atoms with Crippen LogP contribution in [-0.4, -0.2) is 24.4 Å². The maximum absolute atomic E-state index is 14.4. The highest BCUT2D eigenvalue weighted by Crippen LogP contribution is 2.37. The van der Waals surface area contributed by atoms with Gasteiger partial charge in [-0.1, -0.05) is 0 Å². The van der Waals surface area contributed by atoms with Gasteiger partial charge in [0.15, 0.2) is 11.6 Å². The Kier molecular flexibility index (Phi) is 4.17. The second-order valence-corrected chi connectivity index (χ2v) is 6.95. The molecule has 0 aromatic heterocycles. The predicted molar refractivity (Wildman–Crippen MR) is 85.2 cm³/mol. The van der Waals surface area contributed by atoms with Crippen molar-refractivity contribution in [2.75, 3.05) is 11.1 Å². The molecule has 0 amide bonds. The largest absolute Gasteiger partial charge is 0.498 e. The highest BCUT2D eigenvalue weighted by molar-refractivity contribution is 6.62. The average molecular weight is 312 g/mol. The molecule has 0 saturated carbocycles. The Hall–Kier alpha value is -1.34. The first-order valence-electron chi connectivity index (χ1n) is 7.36. The predicted octanol–water partition coefficient (Wildman–Crippen LogP) is 2.67. The van der Waals surface area contributed by atoms with Crippen molar-refractivity contribution >= 4 is 24.0 Å². The van der Waals surface area contributed by atoms with Gasteiger partial charge in [0.1, 0.15) is 0 Å². The molecule has 3 N–H and O–H groups in total. The van der Waals surface area contributed by atoms with E-state index < -0.39 is 30.0 Å². The summed E-state index contributed by atoms with van der Waals surface area (Å²) in [6.45, 7) is 11.0. The van der Waals surface area contributed by atoms with Crippen LogP contribution >= 0.6 is 0 Å². The molecule has 0 atom stereocenters. The summed E-state index contributed by atoms with van der Waals surface area (Å²) in [7, 11) is -0.991. The maximum Gasteiger partial charge on any atom is 0.498 e. The summed E-state index contributed by atoms with van der Waals surface area (Å²) in [4.78, 5) is 0. The molecule has 1 saturated heterocycles. The van der Waals surface area contributed by atoms with Gasteiger partial charge < -0.3 is 20.4 Å². The second kappa shape index (κ2) is 5.39. The summed E-state index contributed by atoms with van der Waals surface area (Å²) in [5, 5.41) is 2.81. The third kappa shape index (κ3) is 2.79. The van der Waals surface area contributed by atoms with Crippen molar-refractivity contribution in [3.8, 4) is 0 Å². The minimum Gasteiger partial charge on any atom is -0.399 e. The molecule has 1 aliphatic rings. The number of hydrogen-bond donors (Lipinski definition) is 2. The van der Waals surface area contributed by atoms with E-state index in [1.807, 2.05) is 41.5 Å². The smallest absolute Gasteiger partial charge is 0.399 e. The molecule has 1 fully saturated rings. The summed E-state index contributed by atoms with van der Waals surface area (Å²) < 4.78 is 40.2. The molecule has 1 aromatic rings. The quantitative estimate of drug-likeness (QED) is 0.665. The molecule has 1 aliphatic heterocycles. The van der Waals surface area contributed by atoms with Gasteiger partial charge >= 0.3 is 7.12 Å². The van der Waals surface area contributed by atoms with E-state index in [4.69, 9.17) is 15.0 Å². The van der Waals surface area contributed by atoms with Crippen LogP contribution in [0.3, 0.4) is 0 Å². The first kappa shape index (κ1) is 17.0. The van der Waals surface area contributed by atoms with Gasteiger partial charge in [-0.25, -0.2) is 8.78 Å². The summed E-state index contributed by atoms with van der Waals surface area (Å²) in [6, 6.07) is 1.30. The lowest BCUT2D eigenvalue weighted by Gasteiger charge is -2.32. The second-order valence-electron chi connectivity index (χ2n) is 6.95. The van der Waals surface area contributed by atoms with Crippen LogP contribution in [0.5, 0.6) is 0 Å². The molecular formula is C15H23BF2N2O2. The summed E-state index contributed by atoms with van der Waals surface area (Å²) in [5.74, 6) is -2.02. The van der Waals surface area contributed by atoms with E-state index in [0.717, 1.165) is 0 Å². The number of benzene rings is 1. The number of nitrogens with one attached hydrogen (secondary N) is 1. The van der Waals surface area contributed by atoms with Gasteiger partial charge in [0.05, 0.1) is 22.6 Å². The zero-order chi connectivity index (χ0) is 16.9. The molecule has 1 aromatic carbocycles. The molecule has 7 heteroatoms. The van der Waals surface area contributed by atoms with Crippen molar-refractivity contribution < 1.29 is 18.1 Å². The third-order valence-corrected chi connectivity index (χ3v) is 4.21. The molecule has 0 unspecified atom stereocenters. The van der Waals surface area contributed by atoms with Crippen LogP contribution in [0.2, 0.25) is 0 Å². The van der Waals surface area contributed by atoms with E-state index in [-0.39, 0.29) is 22.9 Å². The molecular weight excluding hydrogens is 289 g/mol. The Morgan fingerprint density at radius 1 is 1.09 bits per heavy atom. The minimum absolute atomic E-state index is 0.0250. The van der Waals surface area contributed by atoms with Crippen molar-refractivity contribution in [3.05, 3.63) is 17.7 Å². The number of rotatable bonds is 3. The summed E-state index contributed by atoms with van der Waals surface area (Å²) >= 11 is 0. The molecule has 0 radical (unpaired) electrons. The number of nitrogen functional groups attached to an aromatic ring is 1. The zero-order valence-electron chi connectivity index (χ0n) is 13.9. The standard InChI is InChI=1S/C15H23BF2N2O2/c1-8(2)20-13-10(19)7-9(11(17)12(13)18)16-21-14(3,4)15(5,6)22-16/h7-8,20H,19H2,1-6H3. The van der Waals surface area contributed by atoms with Crippen molar-refractivity contribution in [1.29, 1.82) is 0 Å². The summed E-state index contributed by atoms with van der Waals surface area (Å²) in [6.07, 6.45) is 0. The molecule has 0 spiro atoms. The Balaban J connectivity index is 2.43. The molecule has 0 bridgehead atoms. The first-order valence-corrected chi connectivity index (χ1v) is 7.36.